The zero-order chi connectivity index (χ0) is 13.9. The van der Waals surface area contributed by atoms with Crippen molar-refractivity contribution in [3.63, 3.8) is 0 Å². The average molecular weight is 257 g/mol. The van der Waals surface area contributed by atoms with Crippen LogP contribution in [0.4, 0.5) is 20.6 Å². The van der Waals surface area contributed by atoms with Gasteiger partial charge in [0.05, 0.1) is 16.8 Å². The number of ether oxygens (including phenoxy) is 1. The minimum absolute atomic E-state index is 0.0163. The van der Waals surface area contributed by atoms with Crippen LogP contribution in [0.25, 0.3) is 0 Å². The molecule has 0 aliphatic carbocycles. The summed E-state index contributed by atoms with van der Waals surface area (Å²) < 4.78 is 17.9. The van der Waals surface area contributed by atoms with E-state index in [9.17, 15) is 19.3 Å². The van der Waals surface area contributed by atoms with Gasteiger partial charge in [-0.3, -0.25) is 15.4 Å². The van der Waals surface area contributed by atoms with Crippen LogP contribution >= 0.6 is 0 Å². The second-order valence-corrected chi connectivity index (χ2v) is 4.42. The summed E-state index contributed by atoms with van der Waals surface area (Å²) in [5.74, 6) is -1.21. The summed E-state index contributed by atoms with van der Waals surface area (Å²) >= 11 is 0. The molecule has 18 heavy (non-hydrogen) atoms. The number of amides is 1. The molecule has 0 fully saturated rings. The van der Waals surface area contributed by atoms with Gasteiger partial charge in [-0.2, -0.15) is 4.39 Å². The molecule has 0 saturated heterocycles. The highest BCUT2D eigenvalue weighted by atomic mass is 19.1. The summed E-state index contributed by atoms with van der Waals surface area (Å²) in [5, 5.41) is 12.7. The Morgan fingerprint density at radius 1 is 1.56 bits per heavy atom. The van der Waals surface area contributed by atoms with Crippen LogP contribution in [0.15, 0.2) is 12.3 Å². The normalized spacial score (nSPS) is 10.9. The number of nitro groups is 1. The lowest BCUT2D eigenvalue weighted by atomic mass is 10.2. The van der Waals surface area contributed by atoms with E-state index in [1.54, 1.807) is 20.8 Å². The van der Waals surface area contributed by atoms with E-state index in [1.165, 1.54) is 0 Å². The Morgan fingerprint density at radius 3 is 2.67 bits per heavy atom. The number of hydrogen-bond acceptors (Lipinski definition) is 5. The molecule has 1 amide bonds. The van der Waals surface area contributed by atoms with Gasteiger partial charge in [-0.15, -0.1) is 0 Å². The molecule has 1 rings (SSSR count). The lowest BCUT2D eigenvalue weighted by Crippen LogP contribution is -2.27. The van der Waals surface area contributed by atoms with E-state index in [4.69, 9.17) is 4.74 Å². The summed E-state index contributed by atoms with van der Waals surface area (Å²) in [6.45, 7) is 4.99. The molecule has 0 unspecified atom stereocenters. The molecule has 7 nitrogen and oxygen atoms in total. The fourth-order valence-electron chi connectivity index (χ4n) is 1.05. The third-order valence-electron chi connectivity index (χ3n) is 1.66. The molecule has 98 valence electrons. The van der Waals surface area contributed by atoms with Crippen LogP contribution in [0.1, 0.15) is 20.8 Å². The van der Waals surface area contributed by atoms with E-state index in [2.05, 4.69) is 10.3 Å². The monoisotopic (exact) mass is 257 g/mol. The smallest absolute Gasteiger partial charge is 0.412 e. The Balaban J connectivity index is 2.83. The van der Waals surface area contributed by atoms with Crippen molar-refractivity contribution >= 4 is 17.5 Å². The van der Waals surface area contributed by atoms with Crippen molar-refractivity contribution in [3.05, 3.63) is 28.3 Å². The molecule has 0 atom stereocenters. The molecule has 1 heterocycles. The minimum atomic E-state index is -1.21. The van der Waals surface area contributed by atoms with Crippen LogP contribution in [0.5, 0.6) is 0 Å². The number of carbonyl (C=O) groups is 1. The first kappa shape index (κ1) is 13.8. The number of hydrogen-bond donors (Lipinski definition) is 1. The van der Waals surface area contributed by atoms with E-state index in [0.29, 0.717) is 0 Å². The Morgan fingerprint density at radius 2 is 2.17 bits per heavy atom. The van der Waals surface area contributed by atoms with Crippen LogP contribution in [-0.4, -0.2) is 21.6 Å². The number of rotatable bonds is 2. The van der Waals surface area contributed by atoms with Crippen molar-refractivity contribution in [1.82, 2.24) is 4.98 Å². The van der Waals surface area contributed by atoms with Gasteiger partial charge in [-0.25, -0.2) is 9.78 Å². The highest BCUT2D eigenvalue weighted by Gasteiger charge is 2.19. The Labute approximate surface area is 102 Å². The van der Waals surface area contributed by atoms with Crippen LogP contribution in [0.3, 0.4) is 0 Å². The highest BCUT2D eigenvalue weighted by molar-refractivity contribution is 5.85. The fourth-order valence-corrected chi connectivity index (χ4v) is 1.05. The Bertz CT molecular complexity index is 485. The zero-order valence-corrected chi connectivity index (χ0v) is 10.1. The molecular formula is C10H12FN3O4. The lowest BCUT2D eigenvalue weighted by molar-refractivity contribution is -0.388. The first-order valence-electron chi connectivity index (χ1n) is 4.99. The van der Waals surface area contributed by atoms with Gasteiger partial charge in [0.2, 0.25) is 0 Å². The second kappa shape index (κ2) is 4.94. The van der Waals surface area contributed by atoms with E-state index in [0.717, 1.165) is 12.3 Å². The molecule has 0 spiro atoms. The van der Waals surface area contributed by atoms with Crippen LogP contribution in [-0.2, 0) is 4.74 Å². The van der Waals surface area contributed by atoms with Crippen LogP contribution in [0, 0.1) is 16.1 Å². The summed E-state index contributed by atoms with van der Waals surface area (Å²) in [7, 11) is 0. The van der Waals surface area contributed by atoms with E-state index >= 15 is 0 Å². The fraction of sp³-hybridized carbons (Fsp3) is 0.400. The molecule has 1 N–H and O–H groups in total. The predicted octanol–water partition coefficient (Wildman–Crippen LogP) is 2.48. The number of anilines is 1. The van der Waals surface area contributed by atoms with Crippen molar-refractivity contribution in [2.45, 2.75) is 26.4 Å². The highest BCUT2D eigenvalue weighted by Crippen LogP contribution is 2.19. The van der Waals surface area contributed by atoms with Gasteiger partial charge in [0.15, 0.2) is 0 Å². The number of nitrogens with one attached hydrogen (secondary N) is 1. The average Bonchev–Trinajstić information content (AvgIpc) is 2.17. The van der Waals surface area contributed by atoms with E-state index < -0.39 is 28.3 Å². The molecule has 0 radical (unpaired) electrons. The molecule has 0 aromatic carbocycles. The third-order valence-corrected chi connectivity index (χ3v) is 1.66. The summed E-state index contributed by atoms with van der Waals surface area (Å²) in [5.41, 5.74) is -1.54. The largest absolute Gasteiger partial charge is 0.444 e. The van der Waals surface area contributed by atoms with Crippen molar-refractivity contribution in [2.75, 3.05) is 5.32 Å². The topological polar surface area (TPSA) is 94.4 Å². The summed E-state index contributed by atoms with van der Waals surface area (Å²) in [6.07, 6.45) is 0.164. The van der Waals surface area contributed by atoms with Gasteiger partial charge in [0.25, 0.3) is 5.95 Å². The number of carbonyl (C=O) groups excluding carboxylic acids is 1. The summed E-state index contributed by atoms with van der Waals surface area (Å²) in [6, 6.07) is 0.867. The first-order valence-corrected chi connectivity index (χ1v) is 4.99. The van der Waals surface area contributed by atoms with Crippen LogP contribution < -0.4 is 5.32 Å². The molecular weight excluding hydrogens is 245 g/mol. The van der Waals surface area contributed by atoms with E-state index in [-0.39, 0.29) is 5.69 Å². The van der Waals surface area contributed by atoms with Gasteiger partial charge in [-0.1, -0.05) is 0 Å². The predicted molar refractivity (Wildman–Crippen MR) is 60.7 cm³/mol. The maximum atomic E-state index is 12.9. The molecule has 0 bridgehead atoms. The third kappa shape index (κ3) is 3.96. The van der Waals surface area contributed by atoms with Crippen molar-refractivity contribution in [1.29, 1.82) is 0 Å². The zero-order valence-electron chi connectivity index (χ0n) is 10.1. The molecule has 1 aromatic heterocycles. The quantitative estimate of drug-likeness (QED) is 0.499. The lowest BCUT2D eigenvalue weighted by Gasteiger charge is -2.19. The second-order valence-electron chi connectivity index (χ2n) is 4.42. The summed E-state index contributed by atoms with van der Waals surface area (Å²) in [4.78, 5) is 24.1. The van der Waals surface area contributed by atoms with Gasteiger partial charge in [0, 0.05) is 6.07 Å². The van der Waals surface area contributed by atoms with Crippen molar-refractivity contribution in [3.8, 4) is 0 Å². The Hall–Kier alpha value is -2.25. The minimum Gasteiger partial charge on any atom is -0.444 e. The molecule has 0 aliphatic rings. The van der Waals surface area contributed by atoms with Gasteiger partial charge < -0.3 is 4.74 Å². The van der Waals surface area contributed by atoms with Crippen molar-refractivity contribution < 1.29 is 18.8 Å². The standard InChI is InChI=1S/C10H12FN3O4/c1-10(2,3)18-9(15)13-6-4-7(14(16)17)8(11)12-5-6/h4-5H,1-3H3,(H,13,15). The van der Waals surface area contributed by atoms with Gasteiger partial charge in [0.1, 0.15) is 5.60 Å². The Kier molecular flexibility index (Phi) is 3.79. The van der Waals surface area contributed by atoms with Crippen molar-refractivity contribution in [2.24, 2.45) is 0 Å². The molecule has 0 aliphatic heterocycles. The van der Waals surface area contributed by atoms with E-state index in [1.807, 2.05) is 0 Å². The van der Waals surface area contributed by atoms with Gasteiger partial charge >= 0.3 is 11.8 Å². The number of halogens is 1. The molecule has 1 aromatic rings. The maximum absolute atomic E-state index is 12.9. The number of pyridine rings is 1. The SMILES string of the molecule is CC(C)(C)OC(=O)Nc1cnc(F)c([N+](=O)[O-])c1. The number of nitrogens with zero attached hydrogens (tertiary/aromatic N) is 2. The maximum Gasteiger partial charge on any atom is 0.412 e. The van der Waals surface area contributed by atoms with Crippen LogP contribution in [0.2, 0.25) is 0 Å². The van der Waals surface area contributed by atoms with Gasteiger partial charge in [-0.05, 0) is 20.8 Å². The molecule has 8 heteroatoms. The first-order chi connectivity index (χ1) is 8.19. The molecule has 0 saturated carbocycles. The number of aromatic nitrogens is 1.